The third-order valence-corrected chi connectivity index (χ3v) is 4.93. The summed E-state index contributed by atoms with van der Waals surface area (Å²) in [5.41, 5.74) is 2.66. The van der Waals surface area contributed by atoms with Gasteiger partial charge in [-0.2, -0.15) is 19.7 Å². The lowest BCUT2D eigenvalue weighted by atomic mass is 10.1. The van der Waals surface area contributed by atoms with Crippen molar-refractivity contribution in [3.63, 3.8) is 0 Å². The summed E-state index contributed by atoms with van der Waals surface area (Å²) < 4.78 is 57.6. The zero-order chi connectivity index (χ0) is 22.5. The van der Waals surface area contributed by atoms with E-state index in [1.807, 2.05) is 24.3 Å². The summed E-state index contributed by atoms with van der Waals surface area (Å²) >= 11 is 0. The van der Waals surface area contributed by atoms with Gasteiger partial charge in [0.1, 0.15) is 23.0 Å². The molecule has 0 bridgehead atoms. The van der Waals surface area contributed by atoms with Crippen molar-refractivity contribution in [2.45, 2.75) is 6.18 Å². The van der Waals surface area contributed by atoms with Crippen LogP contribution in [0.2, 0.25) is 0 Å². The Bertz CT molecular complexity index is 1470. The molecule has 1 aromatic heterocycles. The average molecular weight is 434 g/mol. The second-order valence-corrected chi connectivity index (χ2v) is 6.91. The first-order chi connectivity index (χ1) is 15.3. The minimum absolute atomic E-state index is 0.0826. The van der Waals surface area contributed by atoms with Crippen molar-refractivity contribution in [2.75, 3.05) is 0 Å². The first-order valence-corrected chi connectivity index (χ1v) is 9.26. The minimum Gasteiger partial charge on any atom is -0.457 e. The lowest BCUT2D eigenvalue weighted by Crippen LogP contribution is -2.07. The van der Waals surface area contributed by atoms with Crippen LogP contribution in [0.4, 0.5) is 17.6 Å². The number of benzene rings is 3. The third-order valence-electron chi connectivity index (χ3n) is 4.93. The van der Waals surface area contributed by atoms with E-state index in [2.05, 4.69) is 20.0 Å². The topological polar surface area (TPSA) is 51.7 Å². The fraction of sp³-hybridized carbons (Fsp3) is 0.0435. The lowest BCUT2D eigenvalue weighted by molar-refractivity contribution is -0.140. The van der Waals surface area contributed by atoms with Crippen LogP contribution in [-0.4, -0.2) is 15.7 Å². The highest BCUT2D eigenvalue weighted by Crippen LogP contribution is 2.37. The van der Waals surface area contributed by atoms with Crippen molar-refractivity contribution in [3.05, 3.63) is 94.8 Å². The van der Waals surface area contributed by atoms with E-state index < -0.39 is 17.6 Å². The number of aromatic nitrogens is 2. The van der Waals surface area contributed by atoms with Crippen LogP contribution in [0.15, 0.2) is 65.8 Å². The Morgan fingerprint density at radius 3 is 2.25 bits per heavy atom. The molecule has 156 valence electrons. The van der Waals surface area contributed by atoms with Crippen molar-refractivity contribution in [3.8, 4) is 22.8 Å². The fourth-order valence-corrected chi connectivity index (χ4v) is 3.55. The fourth-order valence-electron chi connectivity index (χ4n) is 3.55. The molecule has 0 unspecified atom stereocenters. The van der Waals surface area contributed by atoms with Gasteiger partial charge in [-0.3, -0.25) is 0 Å². The summed E-state index contributed by atoms with van der Waals surface area (Å²) in [5.74, 6) is -1.25. The molecule has 9 heteroatoms. The number of ether oxygens (including phenoxy) is 1. The monoisotopic (exact) mass is 434 g/mol. The molecule has 0 atom stereocenters. The van der Waals surface area contributed by atoms with E-state index in [-0.39, 0.29) is 11.5 Å². The number of nitrogens with zero attached hydrogens (tertiary/aromatic N) is 4. The second kappa shape index (κ2) is 7.13. The van der Waals surface area contributed by atoms with Crippen LogP contribution in [0.25, 0.3) is 27.2 Å². The van der Waals surface area contributed by atoms with E-state index in [0.717, 1.165) is 17.2 Å². The SMILES string of the molecule is [C-]#[N+]/N=C1/c2ccccc2-c2nc3cc(Oc4ccc(C(F)(F)F)c(F)c4)ccc3nc21. The number of rotatable bonds is 2. The van der Waals surface area contributed by atoms with Crippen molar-refractivity contribution in [1.29, 1.82) is 0 Å². The zero-order valence-corrected chi connectivity index (χ0v) is 16.0. The van der Waals surface area contributed by atoms with Crippen molar-refractivity contribution < 1.29 is 22.3 Å². The van der Waals surface area contributed by atoms with Gasteiger partial charge in [-0.25, -0.2) is 14.4 Å². The van der Waals surface area contributed by atoms with E-state index in [1.54, 1.807) is 18.2 Å². The highest BCUT2D eigenvalue weighted by atomic mass is 19.4. The van der Waals surface area contributed by atoms with Crippen molar-refractivity contribution in [2.24, 2.45) is 5.10 Å². The molecule has 0 saturated heterocycles. The van der Waals surface area contributed by atoms with Gasteiger partial charge in [-0.05, 0) is 24.3 Å². The van der Waals surface area contributed by atoms with E-state index in [1.165, 1.54) is 0 Å². The summed E-state index contributed by atoms with van der Waals surface area (Å²) in [6.07, 6.45) is -4.78. The van der Waals surface area contributed by atoms with Crippen LogP contribution in [0, 0.1) is 12.4 Å². The molecular weight excluding hydrogens is 424 g/mol. The summed E-state index contributed by atoms with van der Waals surface area (Å²) in [7, 11) is 0. The smallest absolute Gasteiger partial charge is 0.419 e. The molecular formula is C23H10F4N4O. The number of halogens is 4. The van der Waals surface area contributed by atoms with Crippen molar-refractivity contribution >= 4 is 16.7 Å². The molecule has 0 fully saturated rings. The molecule has 1 aliphatic rings. The maximum absolute atomic E-state index is 13.8. The molecule has 1 heterocycles. The highest BCUT2D eigenvalue weighted by Gasteiger charge is 2.34. The quantitative estimate of drug-likeness (QED) is 0.188. The van der Waals surface area contributed by atoms with Crippen LogP contribution < -0.4 is 4.74 Å². The Kier molecular flexibility index (Phi) is 4.37. The largest absolute Gasteiger partial charge is 0.457 e. The molecule has 5 nitrogen and oxygen atoms in total. The van der Waals surface area contributed by atoms with Gasteiger partial charge in [-0.15, -0.1) is 4.95 Å². The molecule has 0 saturated carbocycles. The lowest BCUT2D eigenvalue weighted by Gasteiger charge is -2.11. The molecule has 5 rings (SSSR count). The van der Waals surface area contributed by atoms with Gasteiger partial charge in [0.15, 0.2) is 5.71 Å². The molecule has 3 aromatic carbocycles. The number of alkyl halides is 3. The van der Waals surface area contributed by atoms with Gasteiger partial charge in [0.05, 0.1) is 27.4 Å². The van der Waals surface area contributed by atoms with Gasteiger partial charge < -0.3 is 4.74 Å². The summed E-state index contributed by atoms with van der Waals surface area (Å²) in [6.45, 7) is 7.09. The van der Waals surface area contributed by atoms with Crippen molar-refractivity contribution in [1.82, 2.24) is 9.97 Å². The number of fused-ring (bicyclic) bond motifs is 4. The van der Waals surface area contributed by atoms with Gasteiger partial charge in [0.2, 0.25) is 0 Å². The Hall–Kier alpha value is -4.32. The van der Waals surface area contributed by atoms with Gasteiger partial charge in [0.25, 0.3) is 0 Å². The summed E-state index contributed by atoms with van der Waals surface area (Å²) in [5, 5.41) is 3.88. The summed E-state index contributed by atoms with van der Waals surface area (Å²) in [4.78, 5) is 12.4. The van der Waals surface area contributed by atoms with Crippen LogP contribution in [-0.2, 0) is 6.18 Å². The molecule has 4 aromatic rings. The van der Waals surface area contributed by atoms with E-state index >= 15 is 0 Å². The van der Waals surface area contributed by atoms with Gasteiger partial charge >= 0.3 is 6.18 Å². The number of hydrogen-bond acceptors (Lipinski definition) is 4. The number of hydrogen-bond donors (Lipinski definition) is 0. The zero-order valence-electron chi connectivity index (χ0n) is 16.0. The Morgan fingerprint density at radius 1 is 0.844 bits per heavy atom. The minimum atomic E-state index is -4.78. The average Bonchev–Trinajstić information content (AvgIpc) is 3.05. The predicted octanol–water partition coefficient (Wildman–Crippen LogP) is 6.23. The van der Waals surface area contributed by atoms with E-state index in [9.17, 15) is 17.6 Å². The highest BCUT2D eigenvalue weighted by molar-refractivity contribution is 6.23. The standard InChI is InChI=1S/C23H10F4N4O/c1-28-31-21-15-5-3-2-4-14(15)20-22(21)29-18-9-7-13(11-19(18)30-20)32-12-6-8-16(17(24)10-12)23(25,26)27/h2-11H/b31-21-. The normalized spacial score (nSPS) is 13.7. The Morgan fingerprint density at radius 2 is 1.53 bits per heavy atom. The molecule has 0 amide bonds. The van der Waals surface area contributed by atoms with E-state index in [4.69, 9.17) is 11.3 Å². The maximum Gasteiger partial charge on any atom is 0.419 e. The molecule has 0 aliphatic heterocycles. The molecule has 0 radical (unpaired) electrons. The molecule has 1 aliphatic carbocycles. The molecule has 0 N–H and O–H groups in total. The first kappa shape index (κ1) is 19.6. The van der Waals surface area contributed by atoms with Crippen LogP contribution >= 0.6 is 0 Å². The molecule has 0 spiro atoms. The van der Waals surface area contributed by atoms with Crippen LogP contribution in [0.5, 0.6) is 11.5 Å². The van der Waals surface area contributed by atoms with Gasteiger partial charge in [-0.1, -0.05) is 24.3 Å². The van der Waals surface area contributed by atoms with Gasteiger partial charge in [0, 0.05) is 23.3 Å². The Balaban J connectivity index is 1.55. The predicted molar refractivity (Wildman–Crippen MR) is 109 cm³/mol. The Labute approximate surface area is 178 Å². The first-order valence-electron chi connectivity index (χ1n) is 9.26. The maximum atomic E-state index is 13.8. The second-order valence-electron chi connectivity index (χ2n) is 6.91. The van der Waals surface area contributed by atoms with Crippen LogP contribution in [0.1, 0.15) is 16.8 Å². The van der Waals surface area contributed by atoms with Crippen LogP contribution in [0.3, 0.4) is 0 Å². The van der Waals surface area contributed by atoms with E-state index in [0.29, 0.717) is 40.3 Å². The third kappa shape index (κ3) is 3.22. The molecule has 32 heavy (non-hydrogen) atoms. The summed E-state index contributed by atoms with van der Waals surface area (Å²) in [6, 6.07) is 14.5.